The molecule has 0 saturated heterocycles. The van der Waals surface area contributed by atoms with E-state index in [0.29, 0.717) is 11.5 Å². The zero-order valence-electron chi connectivity index (χ0n) is 10.0. The van der Waals surface area contributed by atoms with Crippen LogP contribution in [-0.4, -0.2) is 6.10 Å². The Balaban J connectivity index is 2.20. The fourth-order valence-corrected chi connectivity index (χ4v) is 1.45. The Bertz CT molecular complexity index is 463. The number of ether oxygens (including phenoxy) is 2. The molecular weight excluding hydrogens is 212 g/mol. The lowest BCUT2D eigenvalue weighted by Gasteiger charge is -2.14. The van der Waals surface area contributed by atoms with Crippen LogP contribution in [0.2, 0.25) is 0 Å². The highest BCUT2D eigenvalue weighted by Crippen LogP contribution is 2.31. The van der Waals surface area contributed by atoms with Crippen LogP contribution in [0, 0.1) is 6.07 Å². The van der Waals surface area contributed by atoms with Gasteiger partial charge in [0.25, 0.3) is 0 Å². The standard InChI is InChI=1S/C15H15O2/c1-12(2)16-14-10-6-7-11-15(14)17-13-8-4-3-5-9-13/h3-5,7-12H,1-2H3. The minimum Gasteiger partial charge on any atom is -0.487 e. The molecule has 0 aliphatic carbocycles. The zero-order chi connectivity index (χ0) is 12.1. The van der Waals surface area contributed by atoms with Crippen molar-refractivity contribution in [2.45, 2.75) is 20.0 Å². The van der Waals surface area contributed by atoms with Crippen molar-refractivity contribution in [1.82, 2.24) is 0 Å². The molecule has 0 unspecified atom stereocenters. The van der Waals surface area contributed by atoms with Crippen LogP contribution in [0.15, 0.2) is 48.5 Å². The maximum Gasteiger partial charge on any atom is 0.169 e. The molecule has 0 N–H and O–H groups in total. The second kappa shape index (κ2) is 5.39. The highest BCUT2D eigenvalue weighted by atomic mass is 16.5. The topological polar surface area (TPSA) is 18.5 Å². The van der Waals surface area contributed by atoms with Gasteiger partial charge in [0.2, 0.25) is 0 Å². The molecule has 0 atom stereocenters. The normalized spacial score (nSPS) is 10.3. The highest BCUT2D eigenvalue weighted by Gasteiger charge is 2.06. The van der Waals surface area contributed by atoms with Crippen molar-refractivity contribution < 1.29 is 9.47 Å². The first kappa shape index (κ1) is 11.5. The molecular formula is C15H15O2. The minimum absolute atomic E-state index is 0.115. The molecule has 0 saturated carbocycles. The molecule has 87 valence electrons. The lowest BCUT2D eigenvalue weighted by atomic mass is 10.3. The average molecular weight is 227 g/mol. The third-order valence-electron chi connectivity index (χ3n) is 2.12. The van der Waals surface area contributed by atoms with Crippen molar-refractivity contribution >= 4 is 0 Å². The van der Waals surface area contributed by atoms with Crippen molar-refractivity contribution in [1.29, 1.82) is 0 Å². The Kier molecular flexibility index (Phi) is 3.66. The Morgan fingerprint density at radius 2 is 1.76 bits per heavy atom. The quantitative estimate of drug-likeness (QED) is 0.784. The maximum absolute atomic E-state index is 5.77. The van der Waals surface area contributed by atoms with Crippen molar-refractivity contribution in [2.75, 3.05) is 0 Å². The van der Waals surface area contributed by atoms with Crippen molar-refractivity contribution in [3.8, 4) is 17.2 Å². The van der Waals surface area contributed by atoms with E-state index in [1.807, 2.05) is 56.3 Å². The van der Waals surface area contributed by atoms with Crippen LogP contribution in [0.5, 0.6) is 17.2 Å². The molecule has 0 amide bonds. The third-order valence-corrected chi connectivity index (χ3v) is 2.12. The molecule has 2 nitrogen and oxygen atoms in total. The van der Waals surface area contributed by atoms with Crippen molar-refractivity contribution in [3.05, 3.63) is 54.6 Å². The summed E-state index contributed by atoms with van der Waals surface area (Å²) in [5.41, 5.74) is 0. The molecule has 2 rings (SSSR count). The van der Waals surface area contributed by atoms with Gasteiger partial charge in [-0.1, -0.05) is 24.3 Å². The van der Waals surface area contributed by atoms with Gasteiger partial charge in [-0.2, -0.15) is 0 Å². The van der Waals surface area contributed by atoms with Crippen molar-refractivity contribution in [2.24, 2.45) is 0 Å². The Morgan fingerprint density at radius 1 is 1.00 bits per heavy atom. The Labute approximate surface area is 102 Å². The highest BCUT2D eigenvalue weighted by molar-refractivity contribution is 5.42. The van der Waals surface area contributed by atoms with E-state index in [1.165, 1.54) is 0 Å². The summed E-state index contributed by atoms with van der Waals surface area (Å²) in [7, 11) is 0. The van der Waals surface area contributed by atoms with Gasteiger partial charge in [0.05, 0.1) is 6.10 Å². The van der Waals surface area contributed by atoms with E-state index in [0.717, 1.165) is 5.75 Å². The fraction of sp³-hybridized carbons (Fsp3) is 0.200. The number of hydrogen-bond acceptors (Lipinski definition) is 2. The second-order valence-electron chi connectivity index (χ2n) is 3.95. The lowest BCUT2D eigenvalue weighted by Crippen LogP contribution is -2.06. The van der Waals surface area contributed by atoms with Crippen LogP contribution in [0.4, 0.5) is 0 Å². The minimum atomic E-state index is 0.115. The van der Waals surface area contributed by atoms with E-state index in [1.54, 1.807) is 6.07 Å². The molecule has 0 bridgehead atoms. The molecule has 2 heteroatoms. The van der Waals surface area contributed by atoms with Gasteiger partial charge >= 0.3 is 0 Å². The van der Waals surface area contributed by atoms with E-state index >= 15 is 0 Å². The average Bonchev–Trinajstić information content (AvgIpc) is 2.32. The van der Waals surface area contributed by atoms with Gasteiger partial charge in [-0.15, -0.1) is 0 Å². The predicted molar refractivity (Wildman–Crippen MR) is 67.6 cm³/mol. The first-order chi connectivity index (χ1) is 8.25. The summed E-state index contributed by atoms with van der Waals surface area (Å²) >= 11 is 0. The monoisotopic (exact) mass is 227 g/mol. The van der Waals surface area contributed by atoms with E-state index in [2.05, 4.69) is 6.07 Å². The lowest BCUT2D eigenvalue weighted by molar-refractivity contribution is 0.233. The molecule has 1 radical (unpaired) electrons. The van der Waals surface area contributed by atoms with Gasteiger partial charge in [0.15, 0.2) is 11.5 Å². The van der Waals surface area contributed by atoms with Gasteiger partial charge in [-0.3, -0.25) is 0 Å². The van der Waals surface area contributed by atoms with Gasteiger partial charge in [-0.05, 0) is 44.2 Å². The molecule has 0 heterocycles. The molecule has 0 aliphatic heterocycles. The van der Waals surface area contributed by atoms with Crippen LogP contribution >= 0.6 is 0 Å². The number of benzene rings is 2. The number of para-hydroxylation sites is 1. The Morgan fingerprint density at radius 3 is 2.47 bits per heavy atom. The molecule has 2 aromatic carbocycles. The predicted octanol–water partition coefficient (Wildman–Crippen LogP) is 4.07. The summed E-state index contributed by atoms with van der Waals surface area (Å²) < 4.78 is 11.4. The second-order valence-corrected chi connectivity index (χ2v) is 3.95. The largest absolute Gasteiger partial charge is 0.487 e. The van der Waals surface area contributed by atoms with Gasteiger partial charge in [0.1, 0.15) is 5.75 Å². The maximum atomic E-state index is 5.77. The van der Waals surface area contributed by atoms with Crippen molar-refractivity contribution in [3.63, 3.8) is 0 Å². The van der Waals surface area contributed by atoms with Crippen LogP contribution in [-0.2, 0) is 0 Å². The molecule has 0 spiro atoms. The van der Waals surface area contributed by atoms with Crippen LogP contribution < -0.4 is 9.47 Å². The SMILES string of the molecule is CC(C)Oc1c[c]ccc1Oc1ccccc1. The van der Waals surface area contributed by atoms with E-state index in [4.69, 9.17) is 9.47 Å². The van der Waals surface area contributed by atoms with Gasteiger partial charge in [0, 0.05) is 0 Å². The van der Waals surface area contributed by atoms with Gasteiger partial charge in [-0.25, -0.2) is 0 Å². The third kappa shape index (κ3) is 3.25. The summed E-state index contributed by atoms with van der Waals surface area (Å²) in [4.78, 5) is 0. The smallest absolute Gasteiger partial charge is 0.169 e. The summed E-state index contributed by atoms with van der Waals surface area (Å²) in [6.45, 7) is 3.97. The van der Waals surface area contributed by atoms with E-state index < -0.39 is 0 Å². The molecule has 0 aromatic heterocycles. The molecule has 2 aromatic rings. The summed E-state index contributed by atoms with van der Waals surface area (Å²) in [5.74, 6) is 2.22. The van der Waals surface area contributed by atoms with Crippen LogP contribution in [0.25, 0.3) is 0 Å². The van der Waals surface area contributed by atoms with E-state index in [9.17, 15) is 0 Å². The Hall–Kier alpha value is -1.96. The van der Waals surface area contributed by atoms with Gasteiger partial charge < -0.3 is 9.47 Å². The van der Waals surface area contributed by atoms with Crippen LogP contribution in [0.3, 0.4) is 0 Å². The molecule has 0 fully saturated rings. The first-order valence-electron chi connectivity index (χ1n) is 5.65. The fourth-order valence-electron chi connectivity index (χ4n) is 1.45. The number of hydrogen-bond donors (Lipinski definition) is 0. The number of rotatable bonds is 4. The zero-order valence-corrected chi connectivity index (χ0v) is 10.0. The van der Waals surface area contributed by atoms with Crippen LogP contribution in [0.1, 0.15) is 13.8 Å². The summed E-state index contributed by atoms with van der Waals surface area (Å²) in [5, 5.41) is 0. The molecule has 17 heavy (non-hydrogen) atoms. The molecule has 0 aliphatic rings. The summed E-state index contributed by atoms with van der Waals surface area (Å²) in [6.07, 6.45) is 0.115. The summed E-state index contributed by atoms with van der Waals surface area (Å²) in [6, 6.07) is 18.1. The first-order valence-corrected chi connectivity index (χ1v) is 5.65. The van der Waals surface area contributed by atoms with E-state index in [-0.39, 0.29) is 6.10 Å².